The van der Waals surface area contributed by atoms with Gasteiger partial charge in [0.15, 0.2) is 0 Å². The summed E-state index contributed by atoms with van der Waals surface area (Å²) in [7, 11) is -4.02. The van der Waals surface area contributed by atoms with E-state index in [-0.39, 0.29) is 30.3 Å². The second-order valence-electron chi connectivity index (χ2n) is 1.88. The molecule has 0 aliphatic heterocycles. The average Bonchev–Trinajstić information content (AvgIpc) is 1.88. The summed E-state index contributed by atoms with van der Waals surface area (Å²) in [6, 6.07) is 7.70. The van der Waals surface area contributed by atoms with Crippen LogP contribution in [-0.4, -0.2) is 15.3 Å². The van der Waals surface area contributed by atoms with Crippen LogP contribution in [-0.2, 0) is 24.0 Å². The summed E-state index contributed by atoms with van der Waals surface area (Å²) in [5.74, 6) is 0. The molecule has 0 aliphatic rings. The minimum Gasteiger partial charge on any atom is -0.412 e. The van der Waals surface area contributed by atoms with Gasteiger partial charge in [0.2, 0.25) is 0 Å². The summed E-state index contributed by atoms with van der Waals surface area (Å²) in [5, 5.41) is 0.0648. The summed E-state index contributed by atoms with van der Waals surface area (Å²) in [6.07, 6.45) is 0. The maximum Gasteiger partial charge on any atom is 0.356 e. The minimum absolute atomic E-state index is 0. The zero-order valence-electron chi connectivity index (χ0n) is 6.34. The van der Waals surface area contributed by atoms with Gasteiger partial charge in [-0.1, -0.05) is 18.2 Å². The Hall–Kier alpha value is -0.0466. The van der Waals surface area contributed by atoms with Gasteiger partial charge >= 0.3 is 7.60 Å². The number of hydrogen-bond acceptors (Lipinski definition) is 1. The van der Waals surface area contributed by atoms with Crippen molar-refractivity contribution in [3.05, 3.63) is 30.3 Å². The second kappa shape index (κ2) is 5.57. The van der Waals surface area contributed by atoms with Gasteiger partial charge in [-0.05, 0) is 12.1 Å². The van der Waals surface area contributed by atoms with Gasteiger partial charge in [0, 0.05) is 19.5 Å². The van der Waals surface area contributed by atoms with Gasteiger partial charge in [-0.3, -0.25) is 4.57 Å². The van der Waals surface area contributed by atoms with E-state index in [0.29, 0.717) is 0 Å². The van der Waals surface area contributed by atoms with Crippen molar-refractivity contribution in [3.63, 3.8) is 0 Å². The standard InChI is InChI=1S/C6H7O3P.H2O.Zn/c7-10(8,9)6-4-2-1-3-5-6;;/h1-5H,(H2,7,8,9);1H2;. The van der Waals surface area contributed by atoms with E-state index in [0.717, 1.165) is 0 Å². The van der Waals surface area contributed by atoms with Crippen LogP contribution < -0.4 is 5.30 Å². The van der Waals surface area contributed by atoms with E-state index in [1.165, 1.54) is 12.1 Å². The Morgan fingerprint density at radius 1 is 1.08 bits per heavy atom. The Balaban J connectivity index is 0. The Labute approximate surface area is 82.8 Å². The molecule has 0 amide bonds. The molecule has 0 aliphatic carbocycles. The summed E-state index contributed by atoms with van der Waals surface area (Å²) >= 11 is 0. The van der Waals surface area contributed by atoms with Crippen molar-refractivity contribution in [1.82, 2.24) is 0 Å². The predicted molar refractivity (Wildman–Crippen MR) is 41.7 cm³/mol. The van der Waals surface area contributed by atoms with Crippen molar-refractivity contribution in [1.29, 1.82) is 0 Å². The Bertz CT molecular complexity index is 258. The number of rotatable bonds is 1. The SMILES string of the molecule is O.O=P(O)(O)c1ccccc1.[Zn]. The molecule has 0 fully saturated rings. The van der Waals surface area contributed by atoms with Crippen LogP contribution in [0.4, 0.5) is 0 Å². The summed E-state index contributed by atoms with van der Waals surface area (Å²) in [6.45, 7) is 0. The van der Waals surface area contributed by atoms with Crippen molar-refractivity contribution in [2.24, 2.45) is 0 Å². The van der Waals surface area contributed by atoms with E-state index in [4.69, 9.17) is 9.79 Å². The molecule has 12 heavy (non-hydrogen) atoms. The van der Waals surface area contributed by atoms with Crippen LogP contribution in [0.25, 0.3) is 0 Å². The van der Waals surface area contributed by atoms with Crippen LogP contribution in [0, 0.1) is 0 Å². The van der Waals surface area contributed by atoms with Crippen LogP contribution in [0.5, 0.6) is 0 Å². The molecule has 1 aromatic carbocycles. The first kappa shape index (κ1) is 14.5. The van der Waals surface area contributed by atoms with E-state index in [1.807, 2.05) is 0 Å². The van der Waals surface area contributed by atoms with Gasteiger partial charge in [-0.25, -0.2) is 0 Å². The normalized spacial score (nSPS) is 9.50. The quantitative estimate of drug-likeness (QED) is 0.521. The molecule has 1 aromatic rings. The molecule has 0 saturated heterocycles. The molecule has 64 valence electrons. The fourth-order valence-corrected chi connectivity index (χ4v) is 1.18. The molecule has 6 heteroatoms. The molecule has 0 radical (unpaired) electrons. The smallest absolute Gasteiger partial charge is 0.356 e. The van der Waals surface area contributed by atoms with Gasteiger partial charge in [0.1, 0.15) is 0 Å². The molecule has 4 N–H and O–H groups in total. The van der Waals surface area contributed by atoms with Crippen molar-refractivity contribution < 1.29 is 39.3 Å². The van der Waals surface area contributed by atoms with Crippen molar-refractivity contribution in [2.45, 2.75) is 0 Å². The van der Waals surface area contributed by atoms with Gasteiger partial charge in [-0.15, -0.1) is 0 Å². The van der Waals surface area contributed by atoms with Crippen LogP contribution in [0.1, 0.15) is 0 Å². The van der Waals surface area contributed by atoms with Crippen LogP contribution in [0.15, 0.2) is 30.3 Å². The Kier molecular flexibility index (Phi) is 6.72. The van der Waals surface area contributed by atoms with Gasteiger partial charge in [-0.2, -0.15) is 0 Å². The van der Waals surface area contributed by atoms with Gasteiger partial charge in [0.05, 0.1) is 5.30 Å². The molecule has 0 aromatic heterocycles. The number of benzene rings is 1. The van der Waals surface area contributed by atoms with E-state index in [1.54, 1.807) is 18.2 Å². The van der Waals surface area contributed by atoms with E-state index < -0.39 is 7.60 Å². The van der Waals surface area contributed by atoms with Crippen LogP contribution in [0.3, 0.4) is 0 Å². The first-order valence-electron chi connectivity index (χ1n) is 2.72. The molecule has 0 bridgehead atoms. The summed E-state index contributed by atoms with van der Waals surface area (Å²) < 4.78 is 10.5. The molecular weight excluding hydrogens is 232 g/mol. The molecule has 4 nitrogen and oxygen atoms in total. The first-order chi connectivity index (χ1) is 4.61. The molecule has 0 atom stereocenters. The predicted octanol–water partition coefficient (Wildman–Crippen LogP) is -0.338. The monoisotopic (exact) mass is 240 g/mol. The molecule has 0 spiro atoms. The molecular formula is C6H9O4PZn. The molecule has 0 saturated carbocycles. The number of hydrogen-bond donors (Lipinski definition) is 2. The van der Waals surface area contributed by atoms with E-state index in [9.17, 15) is 4.57 Å². The Morgan fingerprint density at radius 3 is 1.75 bits per heavy atom. The van der Waals surface area contributed by atoms with Crippen molar-refractivity contribution in [3.8, 4) is 0 Å². The second-order valence-corrected chi connectivity index (χ2v) is 3.48. The third kappa shape index (κ3) is 4.10. The van der Waals surface area contributed by atoms with Crippen LogP contribution >= 0.6 is 7.60 Å². The van der Waals surface area contributed by atoms with Gasteiger partial charge in [0.25, 0.3) is 0 Å². The maximum absolute atomic E-state index is 10.5. The van der Waals surface area contributed by atoms with E-state index >= 15 is 0 Å². The first-order valence-corrected chi connectivity index (χ1v) is 4.33. The largest absolute Gasteiger partial charge is 0.412 e. The molecule has 0 unspecified atom stereocenters. The average molecular weight is 241 g/mol. The summed E-state index contributed by atoms with van der Waals surface area (Å²) in [5.41, 5.74) is 0. The van der Waals surface area contributed by atoms with Crippen molar-refractivity contribution >= 4 is 12.9 Å². The fraction of sp³-hybridized carbons (Fsp3) is 0. The third-order valence-electron chi connectivity index (χ3n) is 1.09. The molecule has 0 heterocycles. The fourth-order valence-electron chi connectivity index (χ4n) is 0.622. The molecule has 1 rings (SSSR count). The van der Waals surface area contributed by atoms with E-state index in [2.05, 4.69) is 0 Å². The van der Waals surface area contributed by atoms with Crippen LogP contribution in [0.2, 0.25) is 0 Å². The topological polar surface area (TPSA) is 89.0 Å². The maximum atomic E-state index is 10.5. The van der Waals surface area contributed by atoms with Crippen molar-refractivity contribution in [2.75, 3.05) is 0 Å². The zero-order valence-corrected chi connectivity index (χ0v) is 10.2. The third-order valence-corrected chi connectivity index (χ3v) is 2.06. The summed E-state index contributed by atoms with van der Waals surface area (Å²) in [4.78, 5) is 17.2. The zero-order chi connectivity index (χ0) is 7.61. The van der Waals surface area contributed by atoms with Gasteiger partial charge < -0.3 is 15.3 Å². The minimum atomic E-state index is -4.02. The Morgan fingerprint density at radius 2 is 1.50 bits per heavy atom.